The number of hydrogen-bond donors (Lipinski definition) is 2. The third kappa shape index (κ3) is 6.42. The van der Waals surface area contributed by atoms with Gasteiger partial charge in [-0.2, -0.15) is 0 Å². The molecule has 1 atom stereocenters. The molecule has 2 aromatic carbocycles. The minimum absolute atomic E-state index is 0.0704. The topological polar surface area (TPSA) is 76.7 Å². The van der Waals surface area contributed by atoms with Gasteiger partial charge in [0.1, 0.15) is 5.75 Å². The lowest BCUT2D eigenvalue weighted by atomic mass is 9.94. The maximum Gasteiger partial charge on any atom is 0.307 e. The number of hydrogen-bond acceptors (Lipinski definition) is 5. The van der Waals surface area contributed by atoms with Crippen molar-refractivity contribution in [2.75, 3.05) is 19.0 Å². The molecule has 0 bridgehead atoms. The lowest BCUT2D eigenvalue weighted by Crippen LogP contribution is -2.47. The number of para-hydroxylation sites is 3. The molecule has 2 rings (SSSR count). The monoisotopic (exact) mass is 370 g/mol. The van der Waals surface area contributed by atoms with Crippen LogP contribution in [0.15, 0.2) is 54.6 Å². The van der Waals surface area contributed by atoms with Gasteiger partial charge in [0.2, 0.25) is 5.91 Å². The quantitative estimate of drug-likeness (QED) is 0.658. The molecule has 1 amide bonds. The number of rotatable bonds is 9. The van der Waals surface area contributed by atoms with Crippen LogP contribution in [0.3, 0.4) is 0 Å². The Morgan fingerprint density at radius 1 is 1.04 bits per heavy atom. The van der Waals surface area contributed by atoms with E-state index >= 15 is 0 Å². The van der Waals surface area contributed by atoms with Gasteiger partial charge in [0.15, 0.2) is 5.75 Å². The number of carbonyl (C=O) groups excluding carboxylic acids is 2. The SMILES string of the molecule is CC[C@](C)(CC(=O)OC)NCC(=O)Nc1ccccc1Oc1ccccc1. The Kier molecular flexibility index (Phi) is 7.37. The minimum atomic E-state index is -0.509. The molecule has 0 fully saturated rings. The van der Waals surface area contributed by atoms with Crippen molar-refractivity contribution < 1.29 is 19.1 Å². The van der Waals surface area contributed by atoms with Gasteiger partial charge in [-0.15, -0.1) is 0 Å². The predicted octanol–water partition coefficient (Wildman–Crippen LogP) is 3.74. The molecule has 0 aliphatic carbocycles. The lowest BCUT2D eigenvalue weighted by Gasteiger charge is -2.28. The van der Waals surface area contributed by atoms with Crippen molar-refractivity contribution in [1.82, 2.24) is 5.32 Å². The predicted molar refractivity (Wildman–Crippen MR) is 105 cm³/mol. The Labute approximate surface area is 159 Å². The van der Waals surface area contributed by atoms with E-state index in [0.717, 1.165) is 0 Å². The highest BCUT2D eigenvalue weighted by Gasteiger charge is 2.26. The highest BCUT2D eigenvalue weighted by atomic mass is 16.5. The van der Waals surface area contributed by atoms with E-state index in [-0.39, 0.29) is 24.8 Å². The molecule has 2 N–H and O–H groups in total. The van der Waals surface area contributed by atoms with E-state index in [1.54, 1.807) is 12.1 Å². The van der Waals surface area contributed by atoms with E-state index in [1.165, 1.54) is 7.11 Å². The first kappa shape index (κ1) is 20.5. The molecular formula is C21H26N2O4. The Bertz CT molecular complexity index is 764. The highest BCUT2D eigenvalue weighted by Crippen LogP contribution is 2.29. The zero-order valence-electron chi connectivity index (χ0n) is 16.0. The van der Waals surface area contributed by atoms with E-state index in [9.17, 15) is 9.59 Å². The van der Waals surface area contributed by atoms with Crippen LogP contribution in [0.5, 0.6) is 11.5 Å². The van der Waals surface area contributed by atoms with Crippen molar-refractivity contribution in [3.05, 3.63) is 54.6 Å². The van der Waals surface area contributed by atoms with Gasteiger partial charge >= 0.3 is 5.97 Å². The summed E-state index contributed by atoms with van der Waals surface area (Å²) < 4.78 is 10.6. The van der Waals surface area contributed by atoms with Gasteiger partial charge in [-0.25, -0.2) is 0 Å². The van der Waals surface area contributed by atoms with Crippen molar-refractivity contribution in [3.63, 3.8) is 0 Å². The molecular weight excluding hydrogens is 344 g/mol. The van der Waals surface area contributed by atoms with E-state index in [1.807, 2.05) is 56.3 Å². The van der Waals surface area contributed by atoms with E-state index < -0.39 is 5.54 Å². The summed E-state index contributed by atoms with van der Waals surface area (Å²) in [5.41, 5.74) is 0.0733. The molecule has 0 aromatic heterocycles. The van der Waals surface area contributed by atoms with E-state index in [0.29, 0.717) is 23.6 Å². The molecule has 0 saturated carbocycles. The van der Waals surface area contributed by atoms with Crippen molar-refractivity contribution in [2.45, 2.75) is 32.2 Å². The minimum Gasteiger partial charge on any atom is -0.469 e. The number of methoxy groups -OCH3 is 1. The second-order valence-corrected chi connectivity index (χ2v) is 6.48. The Morgan fingerprint density at radius 3 is 2.37 bits per heavy atom. The number of esters is 1. The first-order valence-corrected chi connectivity index (χ1v) is 8.89. The molecule has 6 nitrogen and oxygen atoms in total. The summed E-state index contributed by atoms with van der Waals surface area (Å²) in [6.45, 7) is 3.92. The smallest absolute Gasteiger partial charge is 0.307 e. The van der Waals surface area contributed by atoms with Crippen LogP contribution < -0.4 is 15.4 Å². The number of amides is 1. The van der Waals surface area contributed by atoms with E-state index in [4.69, 9.17) is 9.47 Å². The molecule has 0 saturated heterocycles. The number of nitrogens with one attached hydrogen (secondary N) is 2. The summed E-state index contributed by atoms with van der Waals surface area (Å²) in [5.74, 6) is 0.719. The van der Waals surface area contributed by atoms with Crippen LogP contribution in [-0.2, 0) is 14.3 Å². The molecule has 0 spiro atoms. The van der Waals surface area contributed by atoms with Gasteiger partial charge in [-0.05, 0) is 37.6 Å². The molecule has 0 heterocycles. The fourth-order valence-electron chi connectivity index (χ4n) is 2.47. The van der Waals surface area contributed by atoms with Crippen LogP contribution in [0.4, 0.5) is 5.69 Å². The second-order valence-electron chi connectivity index (χ2n) is 6.48. The number of carbonyl (C=O) groups is 2. The fourth-order valence-corrected chi connectivity index (χ4v) is 2.47. The third-order valence-electron chi connectivity index (χ3n) is 4.35. The van der Waals surface area contributed by atoms with Crippen molar-refractivity contribution in [1.29, 1.82) is 0 Å². The van der Waals surface area contributed by atoms with Crippen LogP contribution in [-0.4, -0.2) is 31.1 Å². The van der Waals surface area contributed by atoms with Crippen LogP contribution in [0.2, 0.25) is 0 Å². The highest BCUT2D eigenvalue weighted by molar-refractivity contribution is 5.93. The van der Waals surface area contributed by atoms with Crippen molar-refractivity contribution in [3.8, 4) is 11.5 Å². The maximum absolute atomic E-state index is 12.4. The standard InChI is InChI=1S/C21H26N2O4/c1-4-21(2,14-20(25)26-3)22-15-19(24)23-17-12-8-9-13-18(17)27-16-10-6-5-7-11-16/h5-13,22H,4,14-15H2,1-3H3,(H,23,24)/t21-/m1/s1. The van der Waals surface area contributed by atoms with Crippen LogP contribution >= 0.6 is 0 Å². The Morgan fingerprint density at radius 2 is 1.70 bits per heavy atom. The normalized spacial score (nSPS) is 12.7. The summed E-state index contributed by atoms with van der Waals surface area (Å²) in [6.07, 6.45) is 0.879. The first-order valence-electron chi connectivity index (χ1n) is 8.89. The molecule has 0 aliphatic rings. The van der Waals surface area contributed by atoms with Crippen molar-refractivity contribution in [2.24, 2.45) is 0 Å². The van der Waals surface area contributed by atoms with Gasteiger partial charge in [0.25, 0.3) is 0 Å². The fraction of sp³-hybridized carbons (Fsp3) is 0.333. The average molecular weight is 370 g/mol. The summed E-state index contributed by atoms with van der Waals surface area (Å²) in [5, 5.41) is 6.00. The van der Waals surface area contributed by atoms with Gasteiger partial charge in [0, 0.05) is 5.54 Å². The lowest BCUT2D eigenvalue weighted by molar-refractivity contribution is -0.142. The maximum atomic E-state index is 12.4. The largest absolute Gasteiger partial charge is 0.469 e. The van der Waals surface area contributed by atoms with Gasteiger partial charge in [-0.3, -0.25) is 9.59 Å². The molecule has 0 aliphatic heterocycles. The zero-order chi connectivity index (χ0) is 19.7. The second kappa shape index (κ2) is 9.73. The average Bonchev–Trinajstić information content (AvgIpc) is 2.68. The van der Waals surface area contributed by atoms with Gasteiger partial charge < -0.3 is 20.1 Å². The van der Waals surface area contributed by atoms with Gasteiger partial charge in [0.05, 0.1) is 25.8 Å². The van der Waals surface area contributed by atoms with Crippen molar-refractivity contribution >= 4 is 17.6 Å². The van der Waals surface area contributed by atoms with Crippen LogP contribution in [0.25, 0.3) is 0 Å². The summed E-state index contributed by atoms with van der Waals surface area (Å²) in [6, 6.07) is 16.6. The number of anilines is 1. The molecule has 6 heteroatoms. The number of benzene rings is 2. The zero-order valence-corrected chi connectivity index (χ0v) is 16.0. The van der Waals surface area contributed by atoms with Crippen LogP contribution in [0, 0.1) is 0 Å². The van der Waals surface area contributed by atoms with E-state index in [2.05, 4.69) is 10.6 Å². The number of ether oxygens (including phenoxy) is 2. The molecule has 0 radical (unpaired) electrons. The van der Waals surface area contributed by atoms with Crippen LogP contribution in [0.1, 0.15) is 26.7 Å². The Balaban J connectivity index is 1.98. The summed E-state index contributed by atoms with van der Waals surface area (Å²) in [4.78, 5) is 24.0. The molecule has 27 heavy (non-hydrogen) atoms. The first-order chi connectivity index (χ1) is 13.0. The third-order valence-corrected chi connectivity index (χ3v) is 4.35. The summed E-state index contributed by atoms with van der Waals surface area (Å²) >= 11 is 0. The molecule has 144 valence electrons. The molecule has 0 unspecified atom stereocenters. The van der Waals surface area contributed by atoms with Gasteiger partial charge in [-0.1, -0.05) is 37.3 Å². The Hall–Kier alpha value is -2.86. The molecule has 2 aromatic rings. The summed E-state index contributed by atoms with van der Waals surface area (Å²) in [7, 11) is 1.36.